The lowest BCUT2D eigenvalue weighted by atomic mass is 10.1. The molecule has 30 heavy (non-hydrogen) atoms. The predicted molar refractivity (Wildman–Crippen MR) is 107 cm³/mol. The highest BCUT2D eigenvalue weighted by molar-refractivity contribution is 5.95. The monoisotopic (exact) mass is 412 g/mol. The first-order chi connectivity index (χ1) is 14.4. The number of hydrogen-bond acceptors (Lipinski definition) is 6. The van der Waals surface area contributed by atoms with Crippen LogP contribution in [-0.2, 0) is 22.6 Å². The molecule has 3 rings (SSSR count). The molecule has 0 fully saturated rings. The van der Waals surface area contributed by atoms with Crippen LogP contribution in [0.4, 0.5) is 10.1 Å². The molecular formula is C22H21FN2O5. The van der Waals surface area contributed by atoms with Crippen molar-refractivity contribution in [1.82, 2.24) is 5.16 Å². The molecule has 156 valence electrons. The minimum atomic E-state index is -0.809. The summed E-state index contributed by atoms with van der Waals surface area (Å²) in [5.41, 5.74) is 2.53. The molecule has 0 spiro atoms. The number of methoxy groups -OCH3 is 1. The van der Waals surface area contributed by atoms with Gasteiger partial charge in [0.2, 0.25) is 5.91 Å². The van der Waals surface area contributed by atoms with Crippen molar-refractivity contribution in [2.75, 3.05) is 12.4 Å². The summed E-state index contributed by atoms with van der Waals surface area (Å²) in [6.07, 6.45) is 0.106. The first-order valence-corrected chi connectivity index (χ1v) is 9.18. The SMILES string of the molecule is COC(=O)c1cc(NC(=O)Cc2ccc(OCc3c(C)noc3C)cc2)ccc1F. The molecule has 0 unspecified atom stereocenters. The lowest BCUT2D eigenvalue weighted by molar-refractivity contribution is -0.115. The highest BCUT2D eigenvalue weighted by Gasteiger charge is 2.14. The minimum Gasteiger partial charge on any atom is -0.489 e. The normalized spacial score (nSPS) is 10.5. The van der Waals surface area contributed by atoms with E-state index in [1.807, 2.05) is 13.8 Å². The fourth-order valence-electron chi connectivity index (χ4n) is 2.83. The third kappa shape index (κ3) is 5.02. The smallest absolute Gasteiger partial charge is 0.340 e. The molecule has 3 aromatic rings. The van der Waals surface area contributed by atoms with E-state index in [2.05, 4.69) is 15.2 Å². The number of rotatable bonds is 7. The van der Waals surface area contributed by atoms with Crippen LogP contribution in [0, 0.1) is 19.7 Å². The van der Waals surface area contributed by atoms with E-state index in [0.717, 1.165) is 35.8 Å². The Hall–Kier alpha value is -3.68. The number of nitrogens with one attached hydrogen (secondary N) is 1. The number of benzene rings is 2. The number of carbonyl (C=O) groups excluding carboxylic acids is 2. The summed E-state index contributed by atoms with van der Waals surface area (Å²) in [5.74, 6) is -0.457. The van der Waals surface area contributed by atoms with Crippen molar-refractivity contribution in [3.63, 3.8) is 0 Å². The van der Waals surface area contributed by atoms with Gasteiger partial charge >= 0.3 is 5.97 Å². The molecule has 1 N–H and O–H groups in total. The Kier molecular flexibility index (Phi) is 6.46. The van der Waals surface area contributed by atoms with Crippen LogP contribution in [0.5, 0.6) is 5.75 Å². The molecular weight excluding hydrogens is 391 g/mol. The van der Waals surface area contributed by atoms with Crippen molar-refractivity contribution < 1.29 is 28.0 Å². The number of carbonyl (C=O) groups is 2. The summed E-state index contributed by atoms with van der Waals surface area (Å²) in [6, 6.07) is 10.8. The van der Waals surface area contributed by atoms with Crippen LogP contribution in [0.15, 0.2) is 47.0 Å². The maximum Gasteiger partial charge on any atom is 0.340 e. The number of aryl methyl sites for hydroxylation is 2. The highest BCUT2D eigenvalue weighted by Crippen LogP contribution is 2.19. The third-order valence-corrected chi connectivity index (χ3v) is 4.51. The van der Waals surface area contributed by atoms with Gasteiger partial charge in [0.1, 0.15) is 23.9 Å². The van der Waals surface area contributed by atoms with Gasteiger partial charge in [-0.1, -0.05) is 17.3 Å². The first kappa shape index (κ1) is 21.0. The summed E-state index contributed by atoms with van der Waals surface area (Å²) in [7, 11) is 1.16. The fourth-order valence-corrected chi connectivity index (χ4v) is 2.83. The second-order valence-corrected chi connectivity index (χ2v) is 6.65. The van der Waals surface area contributed by atoms with Gasteiger partial charge in [0.25, 0.3) is 0 Å². The van der Waals surface area contributed by atoms with Crippen molar-refractivity contribution in [2.24, 2.45) is 0 Å². The second kappa shape index (κ2) is 9.21. The van der Waals surface area contributed by atoms with Gasteiger partial charge in [0.05, 0.1) is 30.4 Å². The van der Waals surface area contributed by atoms with Gasteiger partial charge < -0.3 is 19.3 Å². The van der Waals surface area contributed by atoms with E-state index in [1.54, 1.807) is 24.3 Å². The molecule has 8 heteroatoms. The summed E-state index contributed by atoms with van der Waals surface area (Å²) in [4.78, 5) is 23.9. The maximum atomic E-state index is 13.7. The Morgan fingerprint density at radius 1 is 1.13 bits per heavy atom. The van der Waals surface area contributed by atoms with Crippen molar-refractivity contribution >= 4 is 17.6 Å². The van der Waals surface area contributed by atoms with Crippen LogP contribution in [0.2, 0.25) is 0 Å². The molecule has 0 saturated carbocycles. The minimum absolute atomic E-state index is 0.106. The van der Waals surface area contributed by atoms with Gasteiger partial charge in [-0.3, -0.25) is 4.79 Å². The molecule has 0 radical (unpaired) electrons. The third-order valence-electron chi connectivity index (χ3n) is 4.51. The van der Waals surface area contributed by atoms with Crippen LogP contribution in [0.3, 0.4) is 0 Å². The van der Waals surface area contributed by atoms with E-state index in [0.29, 0.717) is 18.0 Å². The summed E-state index contributed by atoms with van der Waals surface area (Å²) >= 11 is 0. The molecule has 0 saturated heterocycles. The van der Waals surface area contributed by atoms with Gasteiger partial charge in [-0.2, -0.15) is 0 Å². The molecule has 1 amide bonds. The van der Waals surface area contributed by atoms with Crippen molar-refractivity contribution in [3.05, 3.63) is 76.4 Å². The average Bonchev–Trinajstić information content (AvgIpc) is 3.05. The number of anilines is 1. The highest BCUT2D eigenvalue weighted by atomic mass is 19.1. The molecule has 7 nitrogen and oxygen atoms in total. The Morgan fingerprint density at radius 2 is 1.87 bits per heavy atom. The standard InChI is InChI=1S/C22H21FN2O5/c1-13-19(14(2)30-25-13)12-29-17-7-4-15(5-8-17)10-21(26)24-16-6-9-20(23)18(11-16)22(27)28-3/h4-9,11H,10,12H2,1-3H3,(H,24,26). The van der Waals surface area contributed by atoms with Crippen molar-refractivity contribution in [1.29, 1.82) is 0 Å². The molecule has 2 aromatic carbocycles. The van der Waals surface area contributed by atoms with E-state index in [1.165, 1.54) is 12.1 Å². The Bertz CT molecular complexity index is 1040. The van der Waals surface area contributed by atoms with Gasteiger partial charge in [-0.05, 0) is 49.7 Å². The molecule has 0 aliphatic rings. The van der Waals surface area contributed by atoms with Crippen LogP contribution >= 0.6 is 0 Å². The van der Waals surface area contributed by atoms with Gasteiger partial charge in [-0.15, -0.1) is 0 Å². The first-order valence-electron chi connectivity index (χ1n) is 9.18. The van der Waals surface area contributed by atoms with Crippen molar-refractivity contribution in [3.8, 4) is 5.75 Å². The number of aromatic nitrogens is 1. The van der Waals surface area contributed by atoms with Crippen LogP contribution in [0.1, 0.15) is 32.9 Å². The summed E-state index contributed by atoms with van der Waals surface area (Å²) in [6.45, 7) is 4.02. The zero-order valence-corrected chi connectivity index (χ0v) is 16.8. The number of nitrogens with zero attached hydrogens (tertiary/aromatic N) is 1. The Labute approximate surface area is 172 Å². The molecule has 1 heterocycles. The fraction of sp³-hybridized carbons (Fsp3) is 0.227. The molecule has 0 bridgehead atoms. The quantitative estimate of drug-likeness (QED) is 0.591. The molecule has 1 aromatic heterocycles. The van der Waals surface area contributed by atoms with Crippen molar-refractivity contribution in [2.45, 2.75) is 26.9 Å². The largest absolute Gasteiger partial charge is 0.489 e. The topological polar surface area (TPSA) is 90.7 Å². The number of hydrogen-bond donors (Lipinski definition) is 1. The maximum absolute atomic E-state index is 13.7. The molecule has 0 aliphatic heterocycles. The number of amides is 1. The Morgan fingerprint density at radius 3 is 2.50 bits per heavy atom. The van der Waals surface area contributed by atoms with Gasteiger partial charge in [0.15, 0.2) is 0 Å². The molecule has 0 atom stereocenters. The predicted octanol–water partition coefficient (Wildman–Crippen LogP) is 3.98. The lowest BCUT2D eigenvalue weighted by Crippen LogP contribution is -2.15. The second-order valence-electron chi connectivity index (χ2n) is 6.65. The van der Waals surface area contributed by atoms with Crippen LogP contribution in [-0.4, -0.2) is 24.1 Å². The summed E-state index contributed by atoms with van der Waals surface area (Å²) in [5, 5.41) is 6.53. The zero-order valence-electron chi connectivity index (χ0n) is 16.8. The Balaban J connectivity index is 1.57. The number of esters is 1. The van der Waals surface area contributed by atoms with E-state index in [-0.39, 0.29) is 17.9 Å². The lowest BCUT2D eigenvalue weighted by Gasteiger charge is -2.09. The summed E-state index contributed by atoms with van der Waals surface area (Å²) < 4.78 is 29.1. The van der Waals surface area contributed by atoms with E-state index in [4.69, 9.17) is 9.26 Å². The number of ether oxygens (including phenoxy) is 2. The van der Waals surface area contributed by atoms with Crippen LogP contribution in [0.25, 0.3) is 0 Å². The van der Waals surface area contributed by atoms with Crippen LogP contribution < -0.4 is 10.1 Å². The van der Waals surface area contributed by atoms with Gasteiger partial charge in [0, 0.05) is 5.69 Å². The average molecular weight is 412 g/mol. The zero-order chi connectivity index (χ0) is 21.7. The van der Waals surface area contributed by atoms with Gasteiger partial charge in [-0.25, -0.2) is 9.18 Å². The van der Waals surface area contributed by atoms with E-state index < -0.39 is 11.8 Å². The molecule has 0 aliphatic carbocycles. The van der Waals surface area contributed by atoms with E-state index >= 15 is 0 Å². The van der Waals surface area contributed by atoms with E-state index in [9.17, 15) is 14.0 Å². The number of halogens is 1.